The molecular weight excluding hydrogens is 238 g/mol. The van der Waals surface area contributed by atoms with E-state index in [1.807, 2.05) is 6.92 Å². The fourth-order valence-corrected chi connectivity index (χ4v) is 1.99. The van der Waals surface area contributed by atoms with E-state index in [0.29, 0.717) is 11.4 Å². The standard InChI is InChI=1S/C11H11N3O2S/c1-7-13-9(5-17-7)11(16)3-10(15)8-4-14(2)6-12-8/h4-6H,3H2,1-2H3. The van der Waals surface area contributed by atoms with E-state index >= 15 is 0 Å². The largest absolute Gasteiger partial charge is 0.340 e. The summed E-state index contributed by atoms with van der Waals surface area (Å²) >= 11 is 1.40. The quantitative estimate of drug-likeness (QED) is 0.610. The third-order valence-corrected chi connectivity index (χ3v) is 2.99. The molecule has 2 rings (SSSR count). The molecule has 0 spiro atoms. The number of Topliss-reactive ketones (excluding diaryl/α,β-unsaturated/α-hetero) is 2. The van der Waals surface area contributed by atoms with Crippen LogP contribution >= 0.6 is 11.3 Å². The second-order valence-electron chi connectivity index (χ2n) is 3.70. The highest BCUT2D eigenvalue weighted by Crippen LogP contribution is 2.11. The Kier molecular flexibility index (Phi) is 3.14. The first kappa shape index (κ1) is 11.7. The number of nitrogens with zero attached hydrogens (tertiary/aromatic N) is 3. The van der Waals surface area contributed by atoms with Crippen LogP contribution in [0.1, 0.15) is 32.4 Å². The van der Waals surface area contributed by atoms with E-state index in [9.17, 15) is 9.59 Å². The summed E-state index contributed by atoms with van der Waals surface area (Å²) in [7, 11) is 1.77. The summed E-state index contributed by atoms with van der Waals surface area (Å²) in [5, 5.41) is 2.49. The van der Waals surface area contributed by atoms with Crippen molar-refractivity contribution in [2.45, 2.75) is 13.3 Å². The number of carbonyl (C=O) groups excluding carboxylic acids is 2. The molecule has 0 unspecified atom stereocenters. The van der Waals surface area contributed by atoms with Gasteiger partial charge in [-0.25, -0.2) is 9.97 Å². The van der Waals surface area contributed by atoms with E-state index in [4.69, 9.17) is 0 Å². The number of rotatable bonds is 4. The van der Waals surface area contributed by atoms with E-state index in [1.165, 1.54) is 17.7 Å². The van der Waals surface area contributed by atoms with Gasteiger partial charge >= 0.3 is 0 Å². The van der Waals surface area contributed by atoms with Crippen molar-refractivity contribution < 1.29 is 9.59 Å². The molecule has 0 radical (unpaired) electrons. The van der Waals surface area contributed by atoms with Gasteiger partial charge in [-0.2, -0.15) is 0 Å². The molecule has 5 nitrogen and oxygen atoms in total. The molecule has 2 aromatic rings. The predicted octanol–water partition coefficient (Wildman–Crippen LogP) is 1.64. The SMILES string of the molecule is Cc1nc(C(=O)CC(=O)c2cn(C)cn2)cs1. The smallest absolute Gasteiger partial charge is 0.190 e. The number of ketones is 2. The van der Waals surface area contributed by atoms with Crippen LogP contribution in [-0.2, 0) is 7.05 Å². The van der Waals surface area contributed by atoms with Gasteiger partial charge < -0.3 is 4.57 Å². The highest BCUT2D eigenvalue weighted by atomic mass is 32.1. The molecule has 0 amide bonds. The van der Waals surface area contributed by atoms with Gasteiger partial charge in [0, 0.05) is 18.6 Å². The minimum atomic E-state index is -0.277. The minimum Gasteiger partial charge on any atom is -0.340 e. The van der Waals surface area contributed by atoms with E-state index in [1.54, 1.807) is 23.2 Å². The van der Waals surface area contributed by atoms with E-state index < -0.39 is 0 Å². The molecule has 0 saturated carbocycles. The van der Waals surface area contributed by atoms with Gasteiger partial charge in [-0.05, 0) is 6.92 Å². The molecule has 0 aromatic carbocycles. The van der Waals surface area contributed by atoms with Crippen LogP contribution in [0.3, 0.4) is 0 Å². The molecular formula is C11H11N3O2S. The summed E-state index contributed by atoms with van der Waals surface area (Å²) in [6.07, 6.45) is 2.95. The zero-order chi connectivity index (χ0) is 12.4. The van der Waals surface area contributed by atoms with Crippen LogP contribution in [0.2, 0.25) is 0 Å². The summed E-state index contributed by atoms with van der Waals surface area (Å²) in [6, 6.07) is 0. The van der Waals surface area contributed by atoms with Crippen molar-refractivity contribution in [3.05, 3.63) is 34.3 Å². The summed E-state index contributed by atoms with van der Waals surface area (Å²) in [5.41, 5.74) is 0.671. The Morgan fingerprint density at radius 1 is 1.35 bits per heavy atom. The number of aromatic nitrogens is 3. The highest BCUT2D eigenvalue weighted by Gasteiger charge is 2.17. The first-order chi connectivity index (χ1) is 8.06. The van der Waals surface area contributed by atoms with Gasteiger partial charge in [-0.15, -0.1) is 11.3 Å². The van der Waals surface area contributed by atoms with Crippen LogP contribution in [0, 0.1) is 6.92 Å². The first-order valence-corrected chi connectivity index (χ1v) is 5.90. The van der Waals surface area contributed by atoms with Gasteiger partial charge in [-0.3, -0.25) is 9.59 Å². The molecule has 88 valence electrons. The zero-order valence-corrected chi connectivity index (χ0v) is 10.3. The molecule has 0 saturated heterocycles. The van der Waals surface area contributed by atoms with Crippen LogP contribution in [0.25, 0.3) is 0 Å². The average Bonchev–Trinajstić information content (AvgIpc) is 2.87. The van der Waals surface area contributed by atoms with Crippen LogP contribution in [0.15, 0.2) is 17.9 Å². The summed E-state index contributed by atoms with van der Waals surface area (Å²) < 4.78 is 1.67. The Morgan fingerprint density at radius 3 is 2.59 bits per heavy atom. The van der Waals surface area contributed by atoms with Crippen LogP contribution in [0.4, 0.5) is 0 Å². The molecule has 0 atom stereocenters. The molecule has 0 bridgehead atoms. The predicted molar refractivity (Wildman–Crippen MR) is 63.3 cm³/mol. The van der Waals surface area contributed by atoms with Crippen molar-refractivity contribution in [2.75, 3.05) is 0 Å². The molecule has 0 N–H and O–H groups in total. The Labute approximate surface area is 102 Å². The van der Waals surface area contributed by atoms with Gasteiger partial charge in [0.05, 0.1) is 17.8 Å². The van der Waals surface area contributed by atoms with E-state index in [2.05, 4.69) is 9.97 Å². The number of hydrogen-bond donors (Lipinski definition) is 0. The Bertz CT molecular complexity index is 521. The third kappa shape index (κ3) is 2.65. The number of aryl methyl sites for hydroxylation is 2. The van der Waals surface area contributed by atoms with Crippen molar-refractivity contribution in [3.63, 3.8) is 0 Å². The van der Waals surface area contributed by atoms with Crippen LogP contribution in [0.5, 0.6) is 0 Å². The number of thiazole rings is 1. The Hall–Kier alpha value is -1.82. The minimum absolute atomic E-state index is 0.180. The molecule has 0 fully saturated rings. The lowest BCUT2D eigenvalue weighted by Gasteiger charge is -1.94. The first-order valence-electron chi connectivity index (χ1n) is 5.03. The summed E-state index contributed by atoms with van der Waals surface area (Å²) in [4.78, 5) is 31.4. The lowest BCUT2D eigenvalue weighted by molar-refractivity contribution is 0.0889. The molecule has 2 aromatic heterocycles. The monoisotopic (exact) mass is 249 g/mol. The second-order valence-corrected chi connectivity index (χ2v) is 4.76. The Balaban J connectivity index is 2.07. The zero-order valence-electron chi connectivity index (χ0n) is 9.51. The van der Waals surface area contributed by atoms with Crippen molar-refractivity contribution in [1.29, 1.82) is 0 Å². The number of carbonyl (C=O) groups is 2. The van der Waals surface area contributed by atoms with Gasteiger partial charge in [0.1, 0.15) is 11.4 Å². The third-order valence-electron chi connectivity index (χ3n) is 2.22. The fraction of sp³-hybridized carbons (Fsp3) is 0.273. The van der Waals surface area contributed by atoms with Crippen molar-refractivity contribution >= 4 is 22.9 Å². The van der Waals surface area contributed by atoms with Crippen molar-refractivity contribution in [2.24, 2.45) is 7.05 Å². The van der Waals surface area contributed by atoms with Gasteiger partial charge in [-0.1, -0.05) is 0 Å². The van der Waals surface area contributed by atoms with E-state index in [-0.39, 0.29) is 18.0 Å². The lowest BCUT2D eigenvalue weighted by atomic mass is 10.1. The molecule has 17 heavy (non-hydrogen) atoms. The fourth-order valence-electron chi connectivity index (χ4n) is 1.38. The van der Waals surface area contributed by atoms with Crippen molar-refractivity contribution in [3.8, 4) is 0 Å². The molecule has 0 aliphatic heterocycles. The summed E-state index contributed by atoms with van der Waals surface area (Å²) in [5.74, 6) is -0.536. The number of imidazole rings is 1. The average molecular weight is 249 g/mol. The van der Waals surface area contributed by atoms with Crippen LogP contribution in [-0.4, -0.2) is 26.1 Å². The maximum atomic E-state index is 11.7. The molecule has 0 aliphatic carbocycles. The maximum absolute atomic E-state index is 11.7. The van der Waals surface area contributed by atoms with Gasteiger partial charge in [0.2, 0.25) is 0 Å². The normalized spacial score (nSPS) is 10.5. The summed E-state index contributed by atoms with van der Waals surface area (Å²) in [6.45, 7) is 1.82. The van der Waals surface area contributed by atoms with Gasteiger partial charge in [0.15, 0.2) is 11.6 Å². The number of hydrogen-bond acceptors (Lipinski definition) is 5. The van der Waals surface area contributed by atoms with Gasteiger partial charge in [0.25, 0.3) is 0 Å². The molecule has 6 heteroatoms. The van der Waals surface area contributed by atoms with Crippen LogP contribution < -0.4 is 0 Å². The molecule has 0 aliphatic rings. The topological polar surface area (TPSA) is 64.8 Å². The van der Waals surface area contributed by atoms with E-state index in [0.717, 1.165) is 5.01 Å². The maximum Gasteiger partial charge on any atom is 0.190 e. The second kappa shape index (κ2) is 4.58. The lowest BCUT2D eigenvalue weighted by Crippen LogP contribution is -2.09. The van der Waals surface area contributed by atoms with Crippen molar-refractivity contribution in [1.82, 2.24) is 14.5 Å². The Morgan fingerprint density at radius 2 is 2.06 bits per heavy atom. The highest BCUT2D eigenvalue weighted by molar-refractivity contribution is 7.09. The molecule has 2 heterocycles.